The second-order valence-corrected chi connectivity index (χ2v) is 5.13. The number of rotatable bonds is 5. The summed E-state index contributed by atoms with van der Waals surface area (Å²) >= 11 is 0. The Hall–Kier alpha value is -2.22. The van der Waals surface area contributed by atoms with E-state index in [0.29, 0.717) is 31.6 Å². The Morgan fingerprint density at radius 2 is 2.24 bits per heavy atom. The van der Waals surface area contributed by atoms with Gasteiger partial charge in [0.25, 0.3) is 0 Å². The number of hydrogen-bond donors (Lipinski definition) is 2. The van der Waals surface area contributed by atoms with Crippen molar-refractivity contribution in [3.8, 4) is 0 Å². The van der Waals surface area contributed by atoms with E-state index in [1.54, 1.807) is 13.0 Å². The Morgan fingerprint density at radius 1 is 1.57 bits per heavy atom. The number of nitrogens with one attached hydrogen (secondary N) is 1. The number of carbonyl (C=O) groups is 1. The van der Waals surface area contributed by atoms with Gasteiger partial charge in [0, 0.05) is 31.5 Å². The van der Waals surface area contributed by atoms with Crippen molar-refractivity contribution >= 4 is 17.5 Å². The average Bonchev–Trinajstić information content (AvgIpc) is 2.45. The van der Waals surface area contributed by atoms with Crippen LogP contribution in [0.15, 0.2) is 12.3 Å². The van der Waals surface area contributed by atoms with Crippen LogP contribution in [0.1, 0.15) is 18.4 Å². The Labute approximate surface area is 121 Å². The number of anilines is 1. The number of hydrogen-bond acceptors (Lipinski definition) is 6. The van der Waals surface area contributed by atoms with Crippen molar-refractivity contribution in [2.75, 3.05) is 25.1 Å². The Morgan fingerprint density at radius 3 is 2.81 bits per heavy atom. The standard InChI is InChI=1S/C13H17N3O5/c1-9-2-5-14-11(10(9)16(19)20)15-8-13(12(17)18)3-6-21-7-4-13/h2,5H,3-4,6-8H2,1H3,(H,14,15)(H,17,18). The highest BCUT2D eigenvalue weighted by molar-refractivity contribution is 5.76. The summed E-state index contributed by atoms with van der Waals surface area (Å²) in [4.78, 5) is 26.1. The van der Waals surface area contributed by atoms with Gasteiger partial charge in [-0.05, 0) is 25.8 Å². The molecule has 8 nitrogen and oxygen atoms in total. The summed E-state index contributed by atoms with van der Waals surface area (Å²) in [6.07, 6.45) is 2.20. The maximum absolute atomic E-state index is 11.5. The molecule has 1 saturated heterocycles. The van der Waals surface area contributed by atoms with E-state index in [9.17, 15) is 20.0 Å². The fourth-order valence-electron chi connectivity index (χ4n) is 2.39. The molecule has 0 atom stereocenters. The molecule has 1 aromatic rings. The lowest BCUT2D eigenvalue weighted by Crippen LogP contribution is -2.42. The maximum atomic E-state index is 11.5. The average molecular weight is 295 g/mol. The minimum atomic E-state index is -0.975. The predicted octanol–water partition coefficient (Wildman–Crippen LogP) is 1.59. The molecule has 0 unspecified atom stereocenters. The van der Waals surface area contributed by atoms with Gasteiger partial charge in [0.05, 0.1) is 10.3 Å². The van der Waals surface area contributed by atoms with Crippen LogP contribution in [-0.4, -0.2) is 40.7 Å². The molecule has 0 saturated carbocycles. The largest absolute Gasteiger partial charge is 0.481 e. The quantitative estimate of drug-likeness (QED) is 0.626. The van der Waals surface area contributed by atoms with Crippen LogP contribution in [0, 0.1) is 22.5 Å². The molecule has 0 spiro atoms. The summed E-state index contributed by atoms with van der Waals surface area (Å²) in [6.45, 7) is 2.45. The summed E-state index contributed by atoms with van der Waals surface area (Å²) in [5.74, 6) is -0.819. The number of carboxylic acid groups (broad SMARTS) is 1. The highest BCUT2D eigenvalue weighted by Crippen LogP contribution is 2.33. The van der Waals surface area contributed by atoms with Gasteiger partial charge in [0.1, 0.15) is 0 Å². The second kappa shape index (κ2) is 6.04. The van der Waals surface area contributed by atoms with Crippen molar-refractivity contribution in [2.45, 2.75) is 19.8 Å². The van der Waals surface area contributed by atoms with E-state index in [4.69, 9.17) is 4.74 Å². The summed E-state index contributed by atoms with van der Waals surface area (Å²) in [6, 6.07) is 1.55. The first-order valence-corrected chi connectivity index (χ1v) is 6.61. The number of aromatic nitrogens is 1. The van der Waals surface area contributed by atoms with Gasteiger partial charge in [0.15, 0.2) is 0 Å². The van der Waals surface area contributed by atoms with Crippen LogP contribution in [-0.2, 0) is 9.53 Å². The van der Waals surface area contributed by atoms with Gasteiger partial charge < -0.3 is 15.2 Å². The van der Waals surface area contributed by atoms with Gasteiger partial charge in [-0.1, -0.05) is 0 Å². The number of aliphatic carboxylic acids is 1. The first kappa shape index (κ1) is 15.2. The summed E-state index contributed by atoms with van der Waals surface area (Å²) in [5, 5.41) is 23.4. The van der Waals surface area contributed by atoms with Crippen LogP contribution in [0.4, 0.5) is 11.5 Å². The molecule has 2 N–H and O–H groups in total. The van der Waals surface area contributed by atoms with Gasteiger partial charge in [0.2, 0.25) is 5.82 Å². The third-order valence-electron chi connectivity index (χ3n) is 3.81. The van der Waals surface area contributed by atoms with E-state index in [1.807, 2.05) is 0 Å². The van der Waals surface area contributed by atoms with Crippen LogP contribution >= 0.6 is 0 Å². The van der Waals surface area contributed by atoms with E-state index < -0.39 is 16.3 Å². The lowest BCUT2D eigenvalue weighted by Gasteiger charge is -2.33. The molecule has 1 aliphatic heterocycles. The number of nitrogens with zero attached hydrogens (tertiary/aromatic N) is 2. The molecule has 0 bridgehead atoms. The Balaban J connectivity index is 2.20. The third-order valence-corrected chi connectivity index (χ3v) is 3.81. The van der Waals surface area contributed by atoms with E-state index >= 15 is 0 Å². The first-order valence-electron chi connectivity index (χ1n) is 6.61. The number of nitro groups is 1. The van der Waals surface area contributed by atoms with Crippen LogP contribution in [0.3, 0.4) is 0 Å². The lowest BCUT2D eigenvalue weighted by atomic mass is 9.80. The lowest BCUT2D eigenvalue weighted by molar-refractivity contribution is -0.384. The zero-order chi connectivity index (χ0) is 15.5. The monoisotopic (exact) mass is 295 g/mol. The second-order valence-electron chi connectivity index (χ2n) is 5.13. The van der Waals surface area contributed by atoms with E-state index in [1.165, 1.54) is 6.20 Å². The maximum Gasteiger partial charge on any atom is 0.314 e. The molecule has 1 aliphatic rings. The van der Waals surface area contributed by atoms with Crippen LogP contribution in [0.25, 0.3) is 0 Å². The number of carboxylic acids is 1. The molecule has 0 radical (unpaired) electrons. The van der Waals surface area contributed by atoms with Gasteiger partial charge in [-0.2, -0.15) is 0 Å². The van der Waals surface area contributed by atoms with E-state index in [2.05, 4.69) is 10.3 Å². The highest BCUT2D eigenvalue weighted by Gasteiger charge is 2.40. The minimum absolute atomic E-state index is 0.0863. The Bertz CT molecular complexity index is 555. The topological polar surface area (TPSA) is 115 Å². The fourth-order valence-corrected chi connectivity index (χ4v) is 2.39. The van der Waals surface area contributed by atoms with Crippen molar-refractivity contribution in [3.05, 3.63) is 27.9 Å². The minimum Gasteiger partial charge on any atom is -0.481 e. The van der Waals surface area contributed by atoms with Crippen molar-refractivity contribution in [1.29, 1.82) is 0 Å². The molecule has 2 heterocycles. The molecule has 114 valence electrons. The van der Waals surface area contributed by atoms with Crippen molar-refractivity contribution in [1.82, 2.24) is 4.98 Å². The molecular weight excluding hydrogens is 278 g/mol. The van der Waals surface area contributed by atoms with Crippen molar-refractivity contribution in [2.24, 2.45) is 5.41 Å². The van der Waals surface area contributed by atoms with E-state index in [0.717, 1.165) is 0 Å². The fraction of sp³-hybridized carbons (Fsp3) is 0.538. The zero-order valence-electron chi connectivity index (χ0n) is 11.7. The Kier molecular flexibility index (Phi) is 4.37. The molecule has 2 rings (SSSR count). The van der Waals surface area contributed by atoms with Gasteiger partial charge in [-0.3, -0.25) is 14.9 Å². The van der Waals surface area contributed by atoms with Crippen LogP contribution in [0.5, 0.6) is 0 Å². The van der Waals surface area contributed by atoms with Gasteiger partial charge in [-0.25, -0.2) is 4.98 Å². The van der Waals surface area contributed by atoms with Crippen LogP contribution in [0.2, 0.25) is 0 Å². The smallest absolute Gasteiger partial charge is 0.314 e. The number of aryl methyl sites for hydroxylation is 1. The van der Waals surface area contributed by atoms with Crippen molar-refractivity contribution in [3.63, 3.8) is 0 Å². The molecule has 21 heavy (non-hydrogen) atoms. The molecule has 1 fully saturated rings. The van der Waals surface area contributed by atoms with Gasteiger partial charge in [-0.15, -0.1) is 0 Å². The number of ether oxygens (including phenoxy) is 1. The summed E-state index contributed by atoms with van der Waals surface area (Å²) in [7, 11) is 0. The summed E-state index contributed by atoms with van der Waals surface area (Å²) in [5.41, 5.74) is -0.615. The van der Waals surface area contributed by atoms with Gasteiger partial charge >= 0.3 is 11.7 Å². The molecule has 0 aromatic carbocycles. The molecule has 0 amide bonds. The normalized spacial score (nSPS) is 17.2. The highest BCUT2D eigenvalue weighted by atomic mass is 16.6. The zero-order valence-corrected chi connectivity index (χ0v) is 11.7. The SMILES string of the molecule is Cc1ccnc(NCC2(C(=O)O)CCOCC2)c1[N+](=O)[O-]. The molecule has 1 aromatic heterocycles. The summed E-state index contributed by atoms with van der Waals surface area (Å²) < 4.78 is 5.19. The third kappa shape index (κ3) is 3.10. The van der Waals surface area contributed by atoms with E-state index in [-0.39, 0.29) is 18.1 Å². The molecular formula is C13H17N3O5. The van der Waals surface area contributed by atoms with Crippen LogP contribution < -0.4 is 5.32 Å². The molecule has 8 heteroatoms. The first-order chi connectivity index (χ1) is 9.96. The number of pyridine rings is 1. The predicted molar refractivity (Wildman–Crippen MR) is 74.2 cm³/mol. The van der Waals surface area contributed by atoms with Crippen molar-refractivity contribution < 1.29 is 19.6 Å². The molecule has 0 aliphatic carbocycles.